The second-order valence-corrected chi connectivity index (χ2v) is 12.4. The predicted octanol–water partition coefficient (Wildman–Crippen LogP) is 2.92. The second kappa shape index (κ2) is 6.71. The Morgan fingerprint density at radius 1 is 0.781 bits per heavy atom. The molecule has 8 fully saturated rings. The summed E-state index contributed by atoms with van der Waals surface area (Å²) in [4.78, 5) is 38.5. The van der Waals surface area contributed by atoms with Crippen molar-refractivity contribution >= 4 is 17.9 Å². The summed E-state index contributed by atoms with van der Waals surface area (Å²) in [6.45, 7) is -0.392. The molecule has 0 amide bonds. The molecule has 4 unspecified atom stereocenters. The number of hydrogen-bond donors (Lipinski definition) is 1. The van der Waals surface area contributed by atoms with Crippen molar-refractivity contribution in [2.24, 2.45) is 34.5 Å². The lowest BCUT2D eigenvalue weighted by Crippen LogP contribution is -2.60. The van der Waals surface area contributed by atoms with Crippen molar-refractivity contribution in [3.8, 4) is 0 Å². The summed E-state index contributed by atoms with van der Waals surface area (Å²) in [6.07, 6.45) is 9.42. The Balaban J connectivity index is 1.11. The molecule has 8 aliphatic rings. The summed E-state index contributed by atoms with van der Waals surface area (Å²) in [5.74, 6) is 0.446. The third-order valence-electron chi connectivity index (χ3n) is 9.74. The molecule has 0 aromatic rings. The van der Waals surface area contributed by atoms with Crippen LogP contribution in [0.2, 0.25) is 0 Å². The molecular weight excluding hydrogens is 412 g/mol. The van der Waals surface area contributed by atoms with E-state index in [1.807, 2.05) is 0 Å². The van der Waals surface area contributed by atoms with Crippen molar-refractivity contribution in [3.63, 3.8) is 0 Å². The topological polar surface area (TPSA) is 99.1 Å². The molecule has 176 valence electrons. The molecule has 4 atom stereocenters. The van der Waals surface area contributed by atoms with Gasteiger partial charge in [0.05, 0.1) is 23.5 Å². The summed E-state index contributed by atoms with van der Waals surface area (Å²) < 4.78 is 16.6. The molecule has 0 radical (unpaired) electrons. The number of hydrogen-bond acceptors (Lipinski definition) is 7. The van der Waals surface area contributed by atoms with Crippen molar-refractivity contribution in [1.29, 1.82) is 0 Å². The lowest BCUT2D eigenvalue weighted by atomic mass is 9.48. The van der Waals surface area contributed by atoms with E-state index < -0.39 is 34.6 Å². The Kier molecular flexibility index (Phi) is 4.39. The maximum absolute atomic E-state index is 13.1. The van der Waals surface area contributed by atoms with Gasteiger partial charge in [0.15, 0.2) is 6.61 Å². The predicted molar refractivity (Wildman–Crippen MR) is 111 cm³/mol. The van der Waals surface area contributed by atoms with Crippen LogP contribution in [0.1, 0.15) is 77.0 Å². The van der Waals surface area contributed by atoms with Gasteiger partial charge >= 0.3 is 17.9 Å². The molecule has 1 N–H and O–H groups in total. The smallest absolute Gasteiger partial charge is 0.344 e. The Morgan fingerprint density at radius 2 is 1.31 bits per heavy atom. The second-order valence-electron chi connectivity index (χ2n) is 12.4. The molecule has 0 spiro atoms. The minimum Gasteiger partial charge on any atom is -0.469 e. The fraction of sp³-hybridized carbons (Fsp3) is 0.880. The first-order chi connectivity index (χ1) is 15.1. The van der Waals surface area contributed by atoms with Gasteiger partial charge in [0.2, 0.25) is 0 Å². The number of methoxy groups -OCH3 is 1. The fourth-order valence-corrected chi connectivity index (χ4v) is 9.75. The summed E-state index contributed by atoms with van der Waals surface area (Å²) in [6, 6.07) is 0. The van der Waals surface area contributed by atoms with E-state index in [-0.39, 0.29) is 11.9 Å². The van der Waals surface area contributed by atoms with Crippen LogP contribution in [0.5, 0.6) is 0 Å². The van der Waals surface area contributed by atoms with E-state index in [0.717, 1.165) is 64.2 Å². The fourth-order valence-electron chi connectivity index (χ4n) is 9.75. The van der Waals surface area contributed by atoms with Crippen molar-refractivity contribution in [2.75, 3.05) is 13.7 Å². The van der Waals surface area contributed by atoms with Crippen molar-refractivity contribution < 1.29 is 33.7 Å². The molecule has 32 heavy (non-hydrogen) atoms. The average Bonchev–Trinajstić information content (AvgIpc) is 2.68. The van der Waals surface area contributed by atoms with Crippen LogP contribution in [0.4, 0.5) is 0 Å². The van der Waals surface area contributed by atoms with Gasteiger partial charge in [-0.05, 0) is 94.3 Å². The molecule has 0 aromatic heterocycles. The van der Waals surface area contributed by atoms with Crippen LogP contribution in [0.3, 0.4) is 0 Å². The van der Waals surface area contributed by atoms with Crippen LogP contribution >= 0.6 is 0 Å². The summed E-state index contributed by atoms with van der Waals surface area (Å²) >= 11 is 0. The van der Waals surface area contributed by atoms with Gasteiger partial charge in [-0.2, -0.15) is 0 Å². The minimum absolute atomic E-state index is 0.182. The SMILES string of the molecule is COC(=O)C12CC3CC(CC(OC(=O)COC(=O)C45CC6CC(CC(O)(C6)C4)C5)(C3)C1)C2. The Morgan fingerprint density at radius 3 is 1.84 bits per heavy atom. The number of aliphatic hydroxyl groups is 1. The molecule has 0 aliphatic heterocycles. The lowest BCUT2D eigenvalue weighted by Gasteiger charge is -2.59. The largest absolute Gasteiger partial charge is 0.469 e. The average molecular weight is 447 g/mol. The van der Waals surface area contributed by atoms with E-state index in [1.165, 1.54) is 7.11 Å². The minimum atomic E-state index is -0.745. The van der Waals surface area contributed by atoms with E-state index in [9.17, 15) is 19.5 Å². The molecule has 7 heteroatoms. The van der Waals surface area contributed by atoms with E-state index in [2.05, 4.69) is 0 Å². The molecular formula is C25H34O7. The van der Waals surface area contributed by atoms with Gasteiger partial charge in [-0.25, -0.2) is 4.79 Å². The van der Waals surface area contributed by atoms with Crippen LogP contribution in [-0.2, 0) is 28.6 Å². The van der Waals surface area contributed by atoms with Crippen LogP contribution in [-0.4, -0.2) is 47.9 Å². The molecule has 8 aliphatic carbocycles. The summed E-state index contributed by atoms with van der Waals surface area (Å²) in [5, 5.41) is 10.9. The summed E-state index contributed by atoms with van der Waals surface area (Å²) in [5.41, 5.74) is -2.57. The first-order valence-corrected chi connectivity index (χ1v) is 12.3. The van der Waals surface area contributed by atoms with Gasteiger partial charge in [-0.1, -0.05) is 0 Å². The molecule has 0 saturated heterocycles. The molecule has 8 bridgehead atoms. The van der Waals surface area contributed by atoms with Crippen molar-refractivity contribution in [1.82, 2.24) is 0 Å². The zero-order valence-electron chi connectivity index (χ0n) is 18.9. The Labute approximate surface area is 188 Å². The first kappa shape index (κ1) is 20.9. The maximum atomic E-state index is 13.1. The highest BCUT2D eigenvalue weighted by atomic mass is 16.6. The van der Waals surface area contributed by atoms with E-state index in [1.54, 1.807) is 0 Å². The highest BCUT2D eigenvalue weighted by molar-refractivity contribution is 5.81. The molecule has 8 saturated carbocycles. The van der Waals surface area contributed by atoms with Gasteiger partial charge in [0.25, 0.3) is 0 Å². The zero-order valence-corrected chi connectivity index (χ0v) is 18.9. The number of carbonyl (C=O) groups excluding carboxylic acids is 3. The highest BCUT2D eigenvalue weighted by Gasteiger charge is 2.63. The molecule has 0 heterocycles. The van der Waals surface area contributed by atoms with Gasteiger partial charge < -0.3 is 19.3 Å². The number of rotatable bonds is 5. The number of carbonyl (C=O) groups is 3. The van der Waals surface area contributed by atoms with Crippen molar-refractivity contribution in [2.45, 2.75) is 88.3 Å². The quantitative estimate of drug-likeness (QED) is 0.512. The highest BCUT2D eigenvalue weighted by Crippen LogP contribution is 2.64. The number of ether oxygens (including phenoxy) is 3. The number of esters is 3. The normalized spacial score (nSPS) is 49.7. The third kappa shape index (κ3) is 3.13. The summed E-state index contributed by atoms with van der Waals surface area (Å²) in [7, 11) is 1.43. The van der Waals surface area contributed by atoms with Gasteiger partial charge in [-0.15, -0.1) is 0 Å². The van der Waals surface area contributed by atoms with E-state index >= 15 is 0 Å². The van der Waals surface area contributed by atoms with Crippen LogP contribution in [0.25, 0.3) is 0 Å². The van der Waals surface area contributed by atoms with E-state index in [0.29, 0.717) is 36.5 Å². The van der Waals surface area contributed by atoms with Crippen LogP contribution < -0.4 is 0 Å². The monoisotopic (exact) mass is 446 g/mol. The maximum Gasteiger partial charge on any atom is 0.344 e. The van der Waals surface area contributed by atoms with Gasteiger partial charge in [-0.3, -0.25) is 9.59 Å². The van der Waals surface area contributed by atoms with Crippen LogP contribution in [0.15, 0.2) is 0 Å². The molecule has 7 nitrogen and oxygen atoms in total. The molecule has 8 rings (SSSR count). The van der Waals surface area contributed by atoms with Crippen molar-refractivity contribution in [3.05, 3.63) is 0 Å². The molecule has 0 aromatic carbocycles. The van der Waals surface area contributed by atoms with E-state index in [4.69, 9.17) is 14.2 Å². The van der Waals surface area contributed by atoms with Crippen LogP contribution in [0, 0.1) is 34.5 Å². The van der Waals surface area contributed by atoms with Gasteiger partial charge in [0, 0.05) is 6.42 Å². The standard InChI is InChI=1S/C25H34O7/c1-30-20(27)23-6-17-3-18(7-23)11-25(10-17,14-23)32-19(26)12-31-21(28)22-4-15-2-16(5-22)9-24(29,8-15)13-22/h15-18,29H,2-14H2,1H3. The van der Waals surface area contributed by atoms with Gasteiger partial charge in [0.1, 0.15) is 5.60 Å². The lowest BCUT2D eigenvalue weighted by molar-refractivity contribution is -0.216. The Hall–Kier alpha value is -1.63. The first-order valence-electron chi connectivity index (χ1n) is 12.3. The zero-order chi connectivity index (χ0) is 22.4. The Bertz CT molecular complexity index is 834. The third-order valence-corrected chi connectivity index (χ3v) is 9.74.